The second-order valence-corrected chi connectivity index (χ2v) is 5.95. The molecule has 1 amide bonds. The van der Waals surface area contributed by atoms with Crippen molar-refractivity contribution >= 4 is 6.09 Å². The van der Waals surface area contributed by atoms with Gasteiger partial charge < -0.3 is 14.2 Å². The Morgan fingerprint density at radius 3 is 2.79 bits per heavy atom. The van der Waals surface area contributed by atoms with E-state index in [-0.39, 0.29) is 12.0 Å². The van der Waals surface area contributed by atoms with Gasteiger partial charge >= 0.3 is 6.09 Å². The topological polar surface area (TPSA) is 68.5 Å². The molecule has 106 valence electrons. The number of carbonyl (C=O) groups excluding carboxylic acids is 1. The van der Waals surface area contributed by atoms with Crippen molar-refractivity contribution in [3.05, 3.63) is 11.7 Å². The number of nitrogens with zero attached hydrogens (tertiary/aromatic N) is 3. The summed E-state index contributed by atoms with van der Waals surface area (Å²) in [6, 6.07) is 0. The normalized spacial score (nSPS) is 20.4. The summed E-state index contributed by atoms with van der Waals surface area (Å²) in [5, 5.41) is 3.80. The standard InChI is InChI=1S/C13H21N3O3/c1-9-14-11(19-15-9)10-6-5-7-16(8-10)12(17)18-13(2,3)4/h10H,5-8H2,1-4H3/t10-/m1/s1. The molecule has 0 bridgehead atoms. The number of hydrogen-bond acceptors (Lipinski definition) is 5. The van der Waals surface area contributed by atoms with E-state index in [1.165, 1.54) is 0 Å². The summed E-state index contributed by atoms with van der Waals surface area (Å²) < 4.78 is 10.6. The van der Waals surface area contributed by atoms with Crippen LogP contribution >= 0.6 is 0 Å². The molecule has 2 heterocycles. The highest BCUT2D eigenvalue weighted by Crippen LogP contribution is 2.26. The van der Waals surface area contributed by atoms with Crippen LogP contribution in [-0.2, 0) is 4.74 Å². The lowest BCUT2D eigenvalue weighted by atomic mass is 9.98. The fraction of sp³-hybridized carbons (Fsp3) is 0.769. The third kappa shape index (κ3) is 3.68. The highest BCUT2D eigenvalue weighted by atomic mass is 16.6. The van der Waals surface area contributed by atoms with E-state index in [1.807, 2.05) is 20.8 Å². The Morgan fingerprint density at radius 2 is 2.21 bits per heavy atom. The van der Waals surface area contributed by atoms with Gasteiger partial charge in [0.1, 0.15) is 5.60 Å². The minimum absolute atomic E-state index is 0.113. The highest BCUT2D eigenvalue weighted by Gasteiger charge is 2.30. The number of piperidine rings is 1. The average molecular weight is 267 g/mol. The van der Waals surface area contributed by atoms with Crippen LogP contribution in [0.4, 0.5) is 4.79 Å². The van der Waals surface area contributed by atoms with E-state index in [9.17, 15) is 4.79 Å². The Hall–Kier alpha value is -1.59. The lowest BCUT2D eigenvalue weighted by Crippen LogP contribution is -2.42. The molecule has 19 heavy (non-hydrogen) atoms. The molecule has 6 heteroatoms. The average Bonchev–Trinajstić information content (AvgIpc) is 2.74. The molecule has 6 nitrogen and oxygen atoms in total. The number of aryl methyl sites for hydroxylation is 1. The summed E-state index contributed by atoms with van der Waals surface area (Å²) in [5.74, 6) is 1.36. The van der Waals surface area contributed by atoms with E-state index < -0.39 is 5.60 Å². The summed E-state index contributed by atoms with van der Waals surface area (Å²) >= 11 is 0. The number of amides is 1. The van der Waals surface area contributed by atoms with E-state index in [0.29, 0.717) is 18.3 Å². The number of rotatable bonds is 1. The monoisotopic (exact) mass is 267 g/mol. The van der Waals surface area contributed by atoms with Crippen molar-refractivity contribution in [1.29, 1.82) is 0 Å². The molecular formula is C13H21N3O3. The Kier molecular flexibility index (Phi) is 3.78. The van der Waals surface area contributed by atoms with E-state index in [4.69, 9.17) is 9.26 Å². The first-order chi connectivity index (χ1) is 8.85. The van der Waals surface area contributed by atoms with Gasteiger partial charge in [0.15, 0.2) is 5.82 Å². The zero-order valence-electron chi connectivity index (χ0n) is 12.0. The largest absolute Gasteiger partial charge is 0.444 e. The number of aromatic nitrogens is 2. The first-order valence-electron chi connectivity index (χ1n) is 6.63. The van der Waals surface area contributed by atoms with Crippen LogP contribution in [0.5, 0.6) is 0 Å². The molecule has 1 aromatic rings. The van der Waals surface area contributed by atoms with Gasteiger partial charge in [0.2, 0.25) is 5.89 Å². The van der Waals surface area contributed by atoms with Crippen molar-refractivity contribution in [3.8, 4) is 0 Å². The summed E-state index contributed by atoms with van der Waals surface area (Å²) in [6.45, 7) is 8.70. The molecule has 2 rings (SSSR count). The van der Waals surface area contributed by atoms with E-state index in [2.05, 4.69) is 10.1 Å². The molecular weight excluding hydrogens is 246 g/mol. The first kappa shape index (κ1) is 13.8. The lowest BCUT2D eigenvalue weighted by molar-refractivity contribution is 0.0189. The first-order valence-corrected chi connectivity index (χ1v) is 6.63. The van der Waals surface area contributed by atoms with Gasteiger partial charge in [0, 0.05) is 13.1 Å². The van der Waals surface area contributed by atoms with E-state index >= 15 is 0 Å². The molecule has 1 fully saturated rings. The van der Waals surface area contributed by atoms with Crippen LogP contribution in [0.15, 0.2) is 4.52 Å². The summed E-state index contributed by atoms with van der Waals surface area (Å²) in [7, 11) is 0. The molecule has 0 unspecified atom stereocenters. The molecule has 1 saturated heterocycles. The van der Waals surface area contributed by atoms with Gasteiger partial charge in [0.05, 0.1) is 5.92 Å². The maximum atomic E-state index is 12.0. The fourth-order valence-electron chi connectivity index (χ4n) is 2.15. The van der Waals surface area contributed by atoms with Gasteiger partial charge in [-0.3, -0.25) is 0 Å². The SMILES string of the molecule is Cc1noc([C@@H]2CCCN(C(=O)OC(C)(C)C)C2)n1. The third-order valence-corrected chi connectivity index (χ3v) is 2.97. The zero-order valence-corrected chi connectivity index (χ0v) is 12.0. The number of hydrogen-bond donors (Lipinski definition) is 0. The van der Waals surface area contributed by atoms with Crippen molar-refractivity contribution in [2.75, 3.05) is 13.1 Å². The van der Waals surface area contributed by atoms with Crippen molar-refractivity contribution in [2.45, 2.75) is 52.1 Å². The van der Waals surface area contributed by atoms with Gasteiger partial charge in [-0.2, -0.15) is 4.98 Å². The predicted octanol–water partition coefficient (Wildman–Crippen LogP) is 2.49. The van der Waals surface area contributed by atoms with Crippen LogP contribution in [0.1, 0.15) is 51.2 Å². The molecule has 0 spiro atoms. The molecule has 1 aliphatic heterocycles. The second kappa shape index (κ2) is 5.19. The lowest BCUT2D eigenvalue weighted by Gasteiger charge is -2.32. The maximum Gasteiger partial charge on any atom is 0.410 e. The van der Waals surface area contributed by atoms with Crippen molar-refractivity contribution < 1.29 is 14.1 Å². The third-order valence-electron chi connectivity index (χ3n) is 2.97. The van der Waals surface area contributed by atoms with Gasteiger partial charge in [-0.25, -0.2) is 4.79 Å². The molecule has 0 aromatic carbocycles. The van der Waals surface area contributed by atoms with Gasteiger partial charge in [-0.15, -0.1) is 0 Å². The Morgan fingerprint density at radius 1 is 1.47 bits per heavy atom. The number of carbonyl (C=O) groups is 1. The van der Waals surface area contributed by atoms with Gasteiger partial charge in [0.25, 0.3) is 0 Å². The summed E-state index contributed by atoms with van der Waals surface area (Å²) in [6.07, 6.45) is 1.61. The predicted molar refractivity (Wildman–Crippen MR) is 68.8 cm³/mol. The van der Waals surface area contributed by atoms with Crippen LogP contribution in [0.2, 0.25) is 0 Å². The van der Waals surface area contributed by atoms with Crippen molar-refractivity contribution in [2.24, 2.45) is 0 Å². The van der Waals surface area contributed by atoms with Gasteiger partial charge in [-0.05, 0) is 40.5 Å². The number of ether oxygens (including phenoxy) is 1. The Labute approximate surface area is 113 Å². The second-order valence-electron chi connectivity index (χ2n) is 5.95. The fourth-order valence-corrected chi connectivity index (χ4v) is 2.15. The van der Waals surface area contributed by atoms with Crippen LogP contribution in [0.25, 0.3) is 0 Å². The van der Waals surface area contributed by atoms with Crippen molar-refractivity contribution in [1.82, 2.24) is 15.0 Å². The quantitative estimate of drug-likeness (QED) is 0.782. The van der Waals surface area contributed by atoms with Crippen LogP contribution in [-0.4, -0.2) is 39.8 Å². The summed E-state index contributed by atoms with van der Waals surface area (Å²) in [5.41, 5.74) is -0.467. The van der Waals surface area contributed by atoms with Crippen molar-refractivity contribution in [3.63, 3.8) is 0 Å². The van der Waals surface area contributed by atoms with Crippen LogP contribution < -0.4 is 0 Å². The number of likely N-dealkylation sites (tertiary alicyclic amines) is 1. The minimum atomic E-state index is -0.467. The minimum Gasteiger partial charge on any atom is -0.444 e. The molecule has 1 atom stereocenters. The van der Waals surface area contributed by atoms with E-state index in [1.54, 1.807) is 11.8 Å². The van der Waals surface area contributed by atoms with Crippen LogP contribution in [0.3, 0.4) is 0 Å². The molecule has 0 N–H and O–H groups in total. The Bertz CT molecular complexity index is 450. The van der Waals surface area contributed by atoms with Gasteiger partial charge in [-0.1, -0.05) is 5.16 Å². The Balaban J connectivity index is 1.99. The molecule has 0 aliphatic carbocycles. The summed E-state index contributed by atoms with van der Waals surface area (Å²) in [4.78, 5) is 18.0. The van der Waals surface area contributed by atoms with E-state index in [0.717, 1.165) is 19.4 Å². The molecule has 0 radical (unpaired) electrons. The maximum absolute atomic E-state index is 12.0. The van der Waals surface area contributed by atoms with Crippen LogP contribution in [0, 0.1) is 6.92 Å². The molecule has 0 saturated carbocycles. The molecule has 1 aliphatic rings. The smallest absolute Gasteiger partial charge is 0.410 e. The molecule has 1 aromatic heterocycles. The zero-order chi connectivity index (χ0) is 14.0. The highest BCUT2D eigenvalue weighted by molar-refractivity contribution is 5.68.